The number of pyridine rings is 1. The van der Waals surface area contributed by atoms with Gasteiger partial charge in [0.25, 0.3) is 0 Å². The molecule has 226 valence electrons. The summed E-state index contributed by atoms with van der Waals surface area (Å²) >= 11 is 0. The van der Waals surface area contributed by atoms with Crippen LogP contribution in [0.5, 0.6) is 0 Å². The van der Waals surface area contributed by atoms with Crippen molar-refractivity contribution in [2.75, 3.05) is 0 Å². The second kappa shape index (κ2) is 12.1. The van der Waals surface area contributed by atoms with Crippen molar-refractivity contribution in [3.05, 3.63) is 163 Å². The minimum Gasteiger partial charge on any atom is -0.258 e. The summed E-state index contributed by atoms with van der Waals surface area (Å²) in [4.78, 5) is 15.0. The summed E-state index contributed by atoms with van der Waals surface area (Å²) in [7, 11) is 0. The van der Waals surface area contributed by atoms with E-state index in [2.05, 4.69) is 116 Å². The van der Waals surface area contributed by atoms with Crippen LogP contribution in [0.1, 0.15) is 17.0 Å². The number of nitrogens with zero attached hydrogens (tertiary/aromatic N) is 4. The van der Waals surface area contributed by atoms with Crippen LogP contribution in [-0.2, 0) is 0 Å². The van der Waals surface area contributed by atoms with Crippen molar-refractivity contribution in [3.63, 3.8) is 0 Å². The first-order valence-electron chi connectivity index (χ1n) is 16.0. The van der Waals surface area contributed by atoms with E-state index in [1.807, 2.05) is 49.4 Å². The Hall–Kier alpha value is -6.44. The van der Waals surface area contributed by atoms with Gasteiger partial charge in [0, 0.05) is 28.1 Å². The Morgan fingerprint density at radius 1 is 0.438 bits per heavy atom. The van der Waals surface area contributed by atoms with E-state index in [0.717, 1.165) is 89.1 Å². The van der Waals surface area contributed by atoms with Gasteiger partial charge in [-0.2, -0.15) is 5.26 Å². The van der Waals surface area contributed by atoms with Crippen LogP contribution in [0.4, 0.5) is 0 Å². The van der Waals surface area contributed by atoms with Gasteiger partial charge >= 0.3 is 0 Å². The Morgan fingerprint density at radius 2 is 0.979 bits per heavy atom. The van der Waals surface area contributed by atoms with Gasteiger partial charge in [-0.05, 0) is 88.8 Å². The molecule has 0 bridgehead atoms. The Bertz CT molecular complexity index is 2540. The molecule has 0 spiro atoms. The zero-order valence-electron chi connectivity index (χ0n) is 26.6. The maximum Gasteiger partial charge on any atom is 0.0991 e. The van der Waals surface area contributed by atoms with Crippen LogP contribution in [0.2, 0.25) is 0 Å². The Kier molecular flexibility index (Phi) is 7.28. The van der Waals surface area contributed by atoms with E-state index in [9.17, 15) is 5.26 Å². The van der Waals surface area contributed by atoms with Gasteiger partial charge in [-0.15, -0.1) is 0 Å². The molecular formula is C44H30N4. The maximum absolute atomic E-state index is 9.47. The Balaban J connectivity index is 1.23. The topological polar surface area (TPSA) is 62.5 Å². The number of hydrogen-bond acceptors (Lipinski definition) is 4. The van der Waals surface area contributed by atoms with E-state index in [1.54, 1.807) is 0 Å². The Morgan fingerprint density at radius 3 is 1.65 bits per heavy atom. The van der Waals surface area contributed by atoms with Crippen molar-refractivity contribution in [2.24, 2.45) is 0 Å². The molecule has 0 radical (unpaired) electrons. The number of rotatable bonds is 5. The van der Waals surface area contributed by atoms with Crippen LogP contribution >= 0.6 is 0 Å². The van der Waals surface area contributed by atoms with E-state index < -0.39 is 0 Å². The molecule has 0 amide bonds. The van der Waals surface area contributed by atoms with Crippen molar-refractivity contribution in [1.82, 2.24) is 15.0 Å². The maximum atomic E-state index is 9.47. The van der Waals surface area contributed by atoms with E-state index >= 15 is 0 Å². The first-order chi connectivity index (χ1) is 23.6. The average Bonchev–Trinajstić information content (AvgIpc) is 3.14. The SMILES string of the molecule is Cc1ccc(-c2cccc(-c3nc4ccccc4nc3-c3ccc(-c4ccc(-c5cccc(C#N)c5)c5ccccc45)cc3)c2)c(C)n1. The molecule has 4 heteroatoms. The molecule has 6 aromatic carbocycles. The molecule has 0 fully saturated rings. The van der Waals surface area contributed by atoms with Crippen LogP contribution in [0.25, 0.3) is 77.7 Å². The number of benzene rings is 6. The molecule has 0 saturated heterocycles. The smallest absolute Gasteiger partial charge is 0.0991 e. The molecule has 0 unspecified atom stereocenters. The first-order valence-corrected chi connectivity index (χ1v) is 16.0. The molecule has 0 N–H and O–H groups in total. The fourth-order valence-corrected chi connectivity index (χ4v) is 6.59. The lowest BCUT2D eigenvalue weighted by atomic mass is 9.91. The van der Waals surface area contributed by atoms with Crippen molar-refractivity contribution in [1.29, 1.82) is 5.26 Å². The second-order valence-corrected chi connectivity index (χ2v) is 12.1. The van der Waals surface area contributed by atoms with Gasteiger partial charge < -0.3 is 0 Å². The van der Waals surface area contributed by atoms with Crippen molar-refractivity contribution in [2.45, 2.75) is 13.8 Å². The summed E-state index contributed by atoms with van der Waals surface area (Å²) < 4.78 is 0. The molecule has 8 rings (SSSR count). The molecule has 48 heavy (non-hydrogen) atoms. The number of nitriles is 1. The third-order valence-corrected chi connectivity index (χ3v) is 8.94. The lowest BCUT2D eigenvalue weighted by Gasteiger charge is -2.14. The summed E-state index contributed by atoms with van der Waals surface area (Å²) in [6.07, 6.45) is 0. The summed E-state index contributed by atoms with van der Waals surface area (Å²) in [5, 5.41) is 11.8. The van der Waals surface area contributed by atoms with Gasteiger partial charge in [0.15, 0.2) is 0 Å². The van der Waals surface area contributed by atoms with Gasteiger partial charge in [-0.25, -0.2) is 9.97 Å². The van der Waals surface area contributed by atoms with E-state index in [4.69, 9.17) is 15.0 Å². The third-order valence-electron chi connectivity index (χ3n) is 8.94. The number of para-hydroxylation sites is 2. The van der Waals surface area contributed by atoms with Crippen LogP contribution < -0.4 is 0 Å². The average molecular weight is 615 g/mol. The van der Waals surface area contributed by atoms with E-state index in [1.165, 1.54) is 0 Å². The summed E-state index contributed by atoms with van der Waals surface area (Å²) in [6, 6.07) is 52.3. The van der Waals surface area contributed by atoms with Crippen LogP contribution in [0.3, 0.4) is 0 Å². The quantitative estimate of drug-likeness (QED) is 0.193. The number of aryl methyl sites for hydroxylation is 2. The number of fused-ring (bicyclic) bond motifs is 2. The predicted molar refractivity (Wildman–Crippen MR) is 196 cm³/mol. The molecular weight excluding hydrogens is 585 g/mol. The van der Waals surface area contributed by atoms with E-state index in [0.29, 0.717) is 5.56 Å². The molecule has 0 atom stereocenters. The highest BCUT2D eigenvalue weighted by atomic mass is 14.8. The lowest BCUT2D eigenvalue weighted by Crippen LogP contribution is -1.96. The van der Waals surface area contributed by atoms with Gasteiger partial charge in [-0.3, -0.25) is 4.98 Å². The first kappa shape index (κ1) is 29.0. The summed E-state index contributed by atoms with van der Waals surface area (Å²) in [6.45, 7) is 4.07. The van der Waals surface area contributed by atoms with Gasteiger partial charge in [0.05, 0.1) is 34.1 Å². The summed E-state index contributed by atoms with van der Waals surface area (Å²) in [5.41, 5.74) is 14.7. The standard InChI is InChI=1S/C44H30N4/c1-28-17-22-36(29(2)46-28)34-11-8-12-35(26-34)44-43(47-41-15-5-6-16-42(41)48-44)32-20-18-31(19-21-32)37-23-24-38(40-14-4-3-13-39(37)40)33-10-7-9-30(25-33)27-45/h3-26H,1-2H3. The minimum absolute atomic E-state index is 0.654. The highest BCUT2D eigenvalue weighted by Crippen LogP contribution is 2.38. The molecule has 2 aromatic heterocycles. The van der Waals surface area contributed by atoms with Crippen LogP contribution in [-0.4, -0.2) is 15.0 Å². The molecule has 8 aromatic rings. The highest BCUT2D eigenvalue weighted by Gasteiger charge is 2.16. The van der Waals surface area contributed by atoms with Crippen LogP contribution in [0.15, 0.2) is 146 Å². The highest BCUT2D eigenvalue weighted by molar-refractivity contribution is 6.05. The fraction of sp³-hybridized carbons (Fsp3) is 0.0455. The van der Waals surface area contributed by atoms with Gasteiger partial charge in [0.1, 0.15) is 0 Å². The van der Waals surface area contributed by atoms with Crippen molar-refractivity contribution >= 4 is 21.8 Å². The van der Waals surface area contributed by atoms with Gasteiger partial charge in [-0.1, -0.05) is 109 Å². The molecule has 0 aliphatic carbocycles. The van der Waals surface area contributed by atoms with Crippen molar-refractivity contribution < 1.29 is 0 Å². The zero-order valence-corrected chi connectivity index (χ0v) is 26.6. The number of hydrogen-bond donors (Lipinski definition) is 0. The number of aromatic nitrogens is 3. The molecule has 4 nitrogen and oxygen atoms in total. The molecule has 0 aliphatic rings. The molecule has 2 heterocycles. The largest absolute Gasteiger partial charge is 0.258 e. The zero-order chi connectivity index (χ0) is 32.6. The van der Waals surface area contributed by atoms with Crippen molar-refractivity contribution in [3.8, 4) is 62.0 Å². The van der Waals surface area contributed by atoms with Crippen LogP contribution in [0, 0.1) is 25.2 Å². The van der Waals surface area contributed by atoms with E-state index in [-0.39, 0.29) is 0 Å². The lowest BCUT2D eigenvalue weighted by molar-refractivity contribution is 1.13. The molecule has 0 saturated carbocycles. The third kappa shape index (κ3) is 5.28. The normalized spacial score (nSPS) is 11.1. The molecule has 0 aliphatic heterocycles. The second-order valence-electron chi connectivity index (χ2n) is 12.1. The predicted octanol–water partition coefficient (Wildman–Crippen LogP) is 11.0. The monoisotopic (exact) mass is 614 g/mol. The summed E-state index contributed by atoms with van der Waals surface area (Å²) in [5.74, 6) is 0. The Labute approximate surface area is 279 Å². The van der Waals surface area contributed by atoms with Gasteiger partial charge in [0.2, 0.25) is 0 Å². The minimum atomic E-state index is 0.654. The fourth-order valence-electron chi connectivity index (χ4n) is 6.59.